The summed E-state index contributed by atoms with van der Waals surface area (Å²) in [5.74, 6) is 0.0167. The maximum absolute atomic E-state index is 11.9. The highest BCUT2D eigenvalue weighted by molar-refractivity contribution is 9.10. The van der Waals surface area contributed by atoms with Crippen molar-refractivity contribution in [3.05, 3.63) is 45.0 Å². The lowest BCUT2D eigenvalue weighted by Gasteiger charge is -2.11. The van der Waals surface area contributed by atoms with Gasteiger partial charge in [-0.05, 0) is 46.4 Å². The molecular formula is C13H12BrNO3S. The van der Waals surface area contributed by atoms with Gasteiger partial charge in [0.15, 0.2) is 11.5 Å². The average molecular weight is 342 g/mol. The van der Waals surface area contributed by atoms with Crippen molar-refractivity contribution in [2.75, 3.05) is 0 Å². The number of halogens is 1. The summed E-state index contributed by atoms with van der Waals surface area (Å²) < 4.78 is 5.79. The molecule has 2 rings (SSSR count). The Kier molecular flexibility index (Phi) is 4.55. The highest BCUT2D eigenvalue weighted by Crippen LogP contribution is 2.22. The van der Waals surface area contributed by atoms with Crippen LogP contribution >= 0.6 is 27.3 Å². The molecule has 0 aliphatic rings. The lowest BCUT2D eigenvalue weighted by molar-refractivity contribution is 0.0909. The van der Waals surface area contributed by atoms with Crippen molar-refractivity contribution in [1.29, 1.82) is 0 Å². The molecule has 0 radical (unpaired) electrons. The number of hydrogen-bond acceptors (Lipinski definition) is 4. The van der Waals surface area contributed by atoms with Crippen LogP contribution in [0.5, 0.6) is 0 Å². The van der Waals surface area contributed by atoms with Crippen LogP contribution in [-0.4, -0.2) is 17.7 Å². The van der Waals surface area contributed by atoms with E-state index in [1.165, 1.54) is 17.6 Å². The summed E-state index contributed by atoms with van der Waals surface area (Å²) in [4.78, 5) is 24.3. The molecule has 0 aliphatic carbocycles. The van der Waals surface area contributed by atoms with E-state index in [4.69, 9.17) is 4.42 Å². The zero-order valence-corrected chi connectivity index (χ0v) is 12.6. The average Bonchev–Trinajstić information content (AvgIpc) is 2.98. The van der Waals surface area contributed by atoms with Crippen molar-refractivity contribution in [2.24, 2.45) is 0 Å². The molecule has 0 saturated carbocycles. The number of carbonyl (C=O) groups excluding carboxylic acids is 2. The van der Waals surface area contributed by atoms with Crippen LogP contribution in [0.15, 0.2) is 38.7 Å². The predicted molar refractivity (Wildman–Crippen MR) is 76.6 cm³/mol. The van der Waals surface area contributed by atoms with Gasteiger partial charge in [-0.1, -0.05) is 0 Å². The SMILES string of the molecule is C[C@H](CC(=O)c1ccco1)NC(=O)c1sccc1Br. The molecule has 1 atom stereocenters. The molecule has 0 aliphatic heterocycles. The third-order valence-electron chi connectivity index (χ3n) is 2.49. The monoisotopic (exact) mass is 341 g/mol. The molecule has 4 nitrogen and oxygen atoms in total. The van der Waals surface area contributed by atoms with Crippen LogP contribution in [0.25, 0.3) is 0 Å². The summed E-state index contributed by atoms with van der Waals surface area (Å²) in [6.07, 6.45) is 1.67. The number of furan rings is 1. The van der Waals surface area contributed by atoms with Gasteiger partial charge in [-0.2, -0.15) is 0 Å². The van der Waals surface area contributed by atoms with Crippen molar-refractivity contribution in [1.82, 2.24) is 5.32 Å². The number of carbonyl (C=O) groups is 2. The Morgan fingerprint density at radius 1 is 1.47 bits per heavy atom. The molecule has 19 heavy (non-hydrogen) atoms. The Labute approximate surface area is 122 Å². The first kappa shape index (κ1) is 14.0. The fourth-order valence-electron chi connectivity index (χ4n) is 1.61. The topological polar surface area (TPSA) is 59.3 Å². The Hall–Kier alpha value is -1.40. The van der Waals surface area contributed by atoms with Crippen molar-refractivity contribution >= 4 is 39.0 Å². The normalized spacial score (nSPS) is 12.1. The number of hydrogen-bond donors (Lipinski definition) is 1. The minimum atomic E-state index is -0.251. The minimum absolute atomic E-state index is 0.122. The standard InChI is InChI=1S/C13H12BrNO3S/c1-8(7-10(16)11-3-2-5-18-11)15-13(17)12-9(14)4-6-19-12/h2-6,8H,7H2,1H3,(H,15,17)/t8-/m1/s1. The first-order valence-corrected chi connectivity index (χ1v) is 7.35. The molecule has 0 bridgehead atoms. The molecule has 0 fully saturated rings. The summed E-state index contributed by atoms with van der Waals surface area (Å²) >= 11 is 4.66. The van der Waals surface area contributed by atoms with E-state index in [1.54, 1.807) is 19.1 Å². The largest absolute Gasteiger partial charge is 0.461 e. The molecule has 100 valence electrons. The van der Waals surface area contributed by atoms with Crippen molar-refractivity contribution < 1.29 is 14.0 Å². The number of Topliss-reactive ketones (excluding diaryl/α,β-unsaturated/α-hetero) is 1. The molecule has 2 aromatic rings. The second-order valence-corrected chi connectivity index (χ2v) is 5.85. The highest BCUT2D eigenvalue weighted by atomic mass is 79.9. The smallest absolute Gasteiger partial charge is 0.262 e. The molecule has 0 aromatic carbocycles. The van der Waals surface area contributed by atoms with Gasteiger partial charge in [0.2, 0.25) is 0 Å². The summed E-state index contributed by atoms with van der Waals surface area (Å²) in [6, 6.07) is 4.85. The van der Waals surface area contributed by atoms with E-state index in [9.17, 15) is 9.59 Å². The Bertz CT molecular complexity index is 576. The van der Waals surface area contributed by atoms with E-state index in [2.05, 4.69) is 21.2 Å². The summed E-state index contributed by atoms with van der Waals surface area (Å²) in [6.45, 7) is 1.79. The Morgan fingerprint density at radius 3 is 2.84 bits per heavy atom. The van der Waals surface area contributed by atoms with Crippen molar-refractivity contribution in [3.8, 4) is 0 Å². The molecule has 0 spiro atoms. The van der Waals surface area contributed by atoms with Gasteiger partial charge in [0, 0.05) is 16.9 Å². The van der Waals surface area contributed by atoms with Gasteiger partial charge in [-0.15, -0.1) is 11.3 Å². The molecule has 2 heterocycles. The summed E-state index contributed by atoms with van der Waals surface area (Å²) in [7, 11) is 0. The molecule has 1 amide bonds. The van der Waals surface area contributed by atoms with Gasteiger partial charge in [-0.25, -0.2) is 0 Å². The summed E-state index contributed by atoms with van der Waals surface area (Å²) in [5.41, 5.74) is 0. The van der Waals surface area contributed by atoms with E-state index in [0.717, 1.165) is 4.47 Å². The predicted octanol–water partition coefficient (Wildman–Crippen LogP) is 3.49. The Balaban J connectivity index is 1.91. The number of nitrogens with one attached hydrogen (secondary N) is 1. The third kappa shape index (κ3) is 3.54. The second kappa shape index (κ2) is 6.16. The van der Waals surface area contributed by atoms with Crippen LogP contribution in [0.2, 0.25) is 0 Å². The summed E-state index contributed by atoms with van der Waals surface area (Å²) in [5, 5.41) is 4.63. The van der Waals surface area contributed by atoms with Gasteiger partial charge in [-0.3, -0.25) is 9.59 Å². The lowest BCUT2D eigenvalue weighted by atomic mass is 10.1. The van der Waals surface area contributed by atoms with Crippen LogP contribution in [-0.2, 0) is 0 Å². The van der Waals surface area contributed by atoms with E-state index < -0.39 is 0 Å². The lowest BCUT2D eigenvalue weighted by Crippen LogP contribution is -2.33. The van der Waals surface area contributed by atoms with Gasteiger partial charge in [0.05, 0.1) is 6.26 Å². The Morgan fingerprint density at radius 2 is 2.26 bits per heavy atom. The van der Waals surface area contributed by atoms with Gasteiger partial charge >= 0.3 is 0 Å². The zero-order valence-electron chi connectivity index (χ0n) is 10.2. The molecule has 0 saturated heterocycles. The minimum Gasteiger partial charge on any atom is -0.461 e. The quantitative estimate of drug-likeness (QED) is 0.846. The molecule has 6 heteroatoms. The molecule has 0 unspecified atom stereocenters. The van der Waals surface area contributed by atoms with Crippen LogP contribution < -0.4 is 5.32 Å². The first-order valence-electron chi connectivity index (χ1n) is 5.68. The molecular weight excluding hydrogens is 330 g/mol. The maximum Gasteiger partial charge on any atom is 0.262 e. The zero-order chi connectivity index (χ0) is 13.8. The van der Waals surface area contributed by atoms with Crippen LogP contribution in [0.1, 0.15) is 33.6 Å². The molecule has 2 aromatic heterocycles. The fourth-order valence-corrected chi connectivity index (χ4v) is 3.07. The van der Waals surface area contributed by atoms with Crippen LogP contribution in [0.4, 0.5) is 0 Å². The second-order valence-electron chi connectivity index (χ2n) is 4.08. The third-order valence-corrected chi connectivity index (χ3v) is 4.32. The van der Waals surface area contributed by atoms with Gasteiger partial charge < -0.3 is 9.73 Å². The highest BCUT2D eigenvalue weighted by Gasteiger charge is 2.18. The maximum atomic E-state index is 11.9. The first-order chi connectivity index (χ1) is 9.08. The number of thiophene rings is 1. The fraction of sp³-hybridized carbons (Fsp3) is 0.231. The van der Waals surface area contributed by atoms with Crippen LogP contribution in [0, 0.1) is 0 Å². The van der Waals surface area contributed by atoms with Gasteiger partial charge in [0.1, 0.15) is 4.88 Å². The van der Waals surface area contributed by atoms with E-state index in [1.807, 2.05) is 11.4 Å². The van der Waals surface area contributed by atoms with E-state index >= 15 is 0 Å². The van der Waals surface area contributed by atoms with Crippen LogP contribution in [0.3, 0.4) is 0 Å². The van der Waals surface area contributed by atoms with Crippen molar-refractivity contribution in [3.63, 3.8) is 0 Å². The van der Waals surface area contributed by atoms with E-state index in [-0.39, 0.29) is 24.2 Å². The number of ketones is 1. The molecule has 1 N–H and O–H groups in total. The number of amides is 1. The van der Waals surface area contributed by atoms with Crippen molar-refractivity contribution in [2.45, 2.75) is 19.4 Å². The van der Waals surface area contributed by atoms with E-state index in [0.29, 0.717) is 10.6 Å². The number of rotatable bonds is 5. The van der Waals surface area contributed by atoms with Gasteiger partial charge in [0.25, 0.3) is 5.91 Å².